The van der Waals surface area contributed by atoms with Crippen molar-refractivity contribution in [3.05, 3.63) is 52.7 Å². The smallest absolute Gasteiger partial charge is 0.262 e. The summed E-state index contributed by atoms with van der Waals surface area (Å²) in [5.74, 6) is 1.37. The molecule has 0 spiro atoms. The maximum Gasteiger partial charge on any atom is 0.262 e. The molecule has 0 bridgehead atoms. The third-order valence-electron chi connectivity index (χ3n) is 4.92. The van der Waals surface area contributed by atoms with E-state index in [1.165, 1.54) is 18.6 Å². The lowest BCUT2D eigenvalue weighted by molar-refractivity contribution is 0.353. The molecule has 6 heteroatoms. The maximum atomic E-state index is 13.2. The van der Waals surface area contributed by atoms with Gasteiger partial charge in [-0.2, -0.15) is 4.98 Å². The van der Waals surface area contributed by atoms with Crippen molar-refractivity contribution in [1.29, 1.82) is 0 Å². The van der Waals surface area contributed by atoms with Gasteiger partial charge in [0.2, 0.25) is 5.95 Å². The Morgan fingerprint density at radius 1 is 1.12 bits per heavy atom. The summed E-state index contributed by atoms with van der Waals surface area (Å²) in [4.78, 5) is 26.8. The predicted octanol–water partition coefficient (Wildman–Crippen LogP) is 3.61. The van der Waals surface area contributed by atoms with Gasteiger partial charge in [0.1, 0.15) is 5.82 Å². The van der Waals surface area contributed by atoms with E-state index < -0.39 is 0 Å². The number of anilines is 1. The first kappa shape index (κ1) is 16.7. The average Bonchev–Trinajstić information content (AvgIpc) is 2.61. The molecule has 26 heavy (non-hydrogen) atoms. The van der Waals surface area contributed by atoms with Gasteiger partial charge < -0.3 is 4.90 Å². The first-order valence-corrected chi connectivity index (χ1v) is 8.91. The van der Waals surface area contributed by atoms with Crippen molar-refractivity contribution in [3.63, 3.8) is 0 Å². The average molecular weight is 352 g/mol. The van der Waals surface area contributed by atoms with Crippen LogP contribution in [0.2, 0.25) is 0 Å². The van der Waals surface area contributed by atoms with Crippen molar-refractivity contribution >= 4 is 17.0 Å². The van der Waals surface area contributed by atoms with Crippen LogP contribution in [-0.4, -0.2) is 28.0 Å². The zero-order chi connectivity index (χ0) is 18.3. The van der Waals surface area contributed by atoms with Gasteiger partial charge in [0.05, 0.1) is 5.39 Å². The topological polar surface area (TPSA) is 61.9 Å². The Hall–Kier alpha value is -2.76. The van der Waals surface area contributed by atoms with E-state index in [-0.39, 0.29) is 11.4 Å². The molecule has 134 valence electrons. The minimum atomic E-state index is -0.310. The Morgan fingerprint density at radius 3 is 2.50 bits per heavy atom. The number of aromatic amines is 1. The Kier molecular flexibility index (Phi) is 4.18. The number of H-pyrrole nitrogens is 1. The Bertz CT molecular complexity index is 989. The normalized spacial score (nSPS) is 20.5. The van der Waals surface area contributed by atoms with Gasteiger partial charge in [-0.3, -0.25) is 9.78 Å². The van der Waals surface area contributed by atoms with Gasteiger partial charge in [-0.15, -0.1) is 0 Å². The van der Waals surface area contributed by atoms with E-state index in [4.69, 9.17) is 0 Å². The summed E-state index contributed by atoms with van der Waals surface area (Å²) in [6.45, 7) is 6.17. The number of nitrogens with zero attached hydrogens (tertiary/aromatic N) is 3. The highest BCUT2D eigenvalue weighted by Gasteiger charge is 2.24. The summed E-state index contributed by atoms with van der Waals surface area (Å²) in [7, 11) is 0. The number of fused-ring (bicyclic) bond motifs is 1. The minimum Gasteiger partial charge on any atom is -0.342 e. The van der Waals surface area contributed by atoms with Crippen LogP contribution in [0, 0.1) is 17.7 Å². The van der Waals surface area contributed by atoms with E-state index >= 15 is 0 Å². The summed E-state index contributed by atoms with van der Waals surface area (Å²) >= 11 is 0. The standard InChI is InChI=1S/C20H21FN4O/c1-12-9-13(2)11-25(10-12)20-23-18-17(19(26)24-20)16(7-8-22-18)14-3-5-15(21)6-4-14/h3-8,12-13H,9-11H2,1-2H3,(H,22,23,24,26). The molecule has 1 fully saturated rings. The molecule has 3 aromatic rings. The van der Waals surface area contributed by atoms with Crippen LogP contribution in [0.4, 0.5) is 10.3 Å². The monoisotopic (exact) mass is 352 g/mol. The molecule has 0 amide bonds. The van der Waals surface area contributed by atoms with Crippen LogP contribution in [0.1, 0.15) is 20.3 Å². The molecule has 3 heterocycles. The highest BCUT2D eigenvalue weighted by molar-refractivity contribution is 5.92. The van der Waals surface area contributed by atoms with Crippen LogP contribution >= 0.6 is 0 Å². The first-order chi connectivity index (χ1) is 12.5. The second kappa shape index (κ2) is 6.52. The van der Waals surface area contributed by atoms with Crippen molar-refractivity contribution < 1.29 is 4.39 Å². The van der Waals surface area contributed by atoms with Crippen LogP contribution < -0.4 is 10.5 Å². The molecule has 2 aromatic heterocycles. The van der Waals surface area contributed by atoms with Crippen LogP contribution in [0.3, 0.4) is 0 Å². The number of benzene rings is 1. The molecule has 1 aliphatic heterocycles. The third-order valence-corrected chi connectivity index (χ3v) is 4.92. The second-order valence-corrected chi connectivity index (χ2v) is 7.30. The molecular formula is C20H21FN4O. The van der Waals surface area contributed by atoms with Crippen LogP contribution in [-0.2, 0) is 0 Å². The predicted molar refractivity (Wildman–Crippen MR) is 101 cm³/mol. The van der Waals surface area contributed by atoms with Gasteiger partial charge in [0.25, 0.3) is 5.56 Å². The van der Waals surface area contributed by atoms with Crippen LogP contribution in [0.25, 0.3) is 22.2 Å². The summed E-state index contributed by atoms with van der Waals surface area (Å²) < 4.78 is 13.2. The minimum absolute atomic E-state index is 0.219. The number of pyridine rings is 1. The highest BCUT2D eigenvalue weighted by atomic mass is 19.1. The molecule has 1 N–H and O–H groups in total. The molecule has 1 aliphatic rings. The van der Waals surface area contributed by atoms with E-state index in [2.05, 4.69) is 33.7 Å². The van der Waals surface area contributed by atoms with Crippen molar-refractivity contribution in [2.75, 3.05) is 18.0 Å². The number of rotatable bonds is 2. The molecule has 2 unspecified atom stereocenters. The molecule has 0 saturated carbocycles. The fourth-order valence-electron chi connectivity index (χ4n) is 3.91. The molecule has 4 rings (SSSR count). The van der Waals surface area contributed by atoms with Crippen molar-refractivity contribution in [3.8, 4) is 11.1 Å². The number of piperidine rings is 1. The zero-order valence-electron chi connectivity index (χ0n) is 14.9. The van der Waals surface area contributed by atoms with E-state index in [0.717, 1.165) is 18.7 Å². The summed E-state index contributed by atoms with van der Waals surface area (Å²) in [6.07, 6.45) is 2.82. The SMILES string of the molecule is CC1CC(C)CN(c2nc3nccc(-c4ccc(F)cc4)c3c(=O)[nH]2)C1. The summed E-state index contributed by atoms with van der Waals surface area (Å²) in [6, 6.07) is 7.84. The number of hydrogen-bond acceptors (Lipinski definition) is 4. The lowest BCUT2D eigenvalue weighted by Gasteiger charge is -2.35. The molecule has 0 aliphatic carbocycles. The quantitative estimate of drug-likeness (QED) is 0.765. The Morgan fingerprint density at radius 2 is 1.81 bits per heavy atom. The number of halogens is 1. The highest BCUT2D eigenvalue weighted by Crippen LogP contribution is 2.27. The van der Waals surface area contributed by atoms with Gasteiger partial charge in [-0.25, -0.2) is 9.37 Å². The second-order valence-electron chi connectivity index (χ2n) is 7.30. The van der Waals surface area contributed by atoms with Gasteiger partial charge in [0, 0.05) is 19.3 Å². The van der Waals surface area contributed by atoms with E-state index in [0.29, 0.717) is 34.4 Å². The van der Waals surface area contributed by atoms with E-state index in [1.807, 2.05) is 0 Å². The molecule has 0 radical (unpaired) electrons. The molecule has 2 atom stereocenters. The number of nitrogens with one attached hydrogen (secondary N) is 1. The van der Waals surface area contributed by atoms with Crippen LogP contribution in [0.5, 0.6) is 0 Å². The van der Waals surface area contributed by atoms with E-state index in [1.54, 1.807) is 24.4 Å². The Labute approximate surface area is 150 Å². The first-order valence-electron chi connectivity index (χ1n) is 8.91. The van der Waals surface area contributed by atoms with Gasteiger partial charge in [-0.05, 0) is 47.6 Å². The zero-order valence-corrected chi connectivity index (χ0v) is 14.9. The van der Waals surface area contributed by atoms with Gasteiger partial charge in [0.15, 0.2) is 5.65 Å². The molecule has 5 nitrogen and oxygen atoms in total. The number of hydrogen-bond donors (Lipinski definition) is 1. The van der Waals surface area contributed by atoms with Crippen molar-refractivity contribution in [2.45, 2.75) is 20.3 Å². The fourth-order valence-corrected chi connectivity index (χ4v) is 3.91. The lowest BCUT2D eigenvalue weighted by Crippen LogP contribution is -2.40. The Balaban J connectivity index is 1.82. The summed E-state index contributed by atoms with van der Waals surface area (Å²) in [5.41, 5.74) is 1.66. The van der Waals surface area contributed by atoms with Crippen LogP contribution in [0.15, 0.2) is 41.3 Å². The van der Waals surface area contributed by atoms with Gasteiger partial charge >= 0.3 is 0 Å². The fraction of sp³-hybridized carbons (Fsp3) is 0.350. The van der Waals surface area contributed by atoms with Crippen molar-refractivity contribution in [2.24, 2.45) is 11.8 Å². The molecule has 1 aromatic carbocycles. The lowest BCUT2D eigenvalue weighted by atomic mass is 9.92. The number of aromatic nitrogens is 3. The van der Waals surface area contributed by atoms with E-state index in [9.17, 15) is 9.18 Å². The third kappa shape index (κ3) is 3.07. The summed E-state index contributed by atoms with van der Waals surface area (Å²) in [5, 5.41) is 0.431. The molecule has 1 saturated heterocycles. The molecular weight excluding hydrogens is 331 g/mol. The maximum absolute atomic E-state index is 13.2. The van der Waals surface area contributed by atoms with Gasteiger partial charge in [-0.1, -0.05) is 26.0 Å². The largest absolute Gasteiger partial charge is 0.342 e. The van der Waals surface area contributed by atoms with Crippen molar-refractivity contribution in [1.82, 2.24) is 15.0 Å².